The molecule has 1 aromatic carbocycles. The van der Waals surface area contributed by atoms with Crippen molar-refractivity contribution in [2.45, 2.75) is 77.5 Å². The first-order valence-corrected chi connectivity index (χ1v) is 14.9. The highest BCUT2D eigenvalue weighted by atomic mass is 32.2. The van der Waals surface area contributed by atoms with Crippen molar-refractivity contribution in [3.05, 3.63) is 51.2 Å². The molecule has 0 bridgehead atoms. The van der Waals surface area contributed by atoms with E-state index < -0.39 is 15.6 Å². The molecule has 212 valence electrons. The highest BCUT2D eigenvalue weighted by molar-refractivity contribution is 7.89. The van der Waals surface area contributed by atoms with Crippen molar-refractivity contribution in [1.82, 2.24) is 18.8 Å². The average molecular weight is 550 g/mol. The Bertz CT molecular complexity index is 1300. The van der Waals surface area contributed by atoms with Crippen LogP contribution in [0, 0.1) is 0 Å². The molecule has 0 amide bonds. The van der Waals surface area contributed by atoms with Crippen LogP contribution >= 0.6 is 0 Å². The van der Waals surface area contributed by atoms with E-state index in [0.29, 0.717) is 18.1 Å². The van der Waals surface area contributed by atoms with E-state index in [0.717, 1.165) is 39.1 Å². The van der Waals surface area contributed by atoms with Crippen LogP contribution in [0.25, 0.3) is 0 Å². The summed E-state index contributed by atoms with van der Waals surface area (Å²) in [5.41, 5.74) is -0.963. The lowest BCUT2D eigenvalue weighted by molar-refractivity contribution is 0.0820. The number of sulfonamides is 1. The molecule has 38 heavy (non-hydrogen) atoms. The normalized spacial score (nSPS) is 15.4. The standard InChI is InChI=1S/C27H43N5O5S/c1-8-28-38(35,36)23-11-9-22(10-12-23)37-27(6,7)13-14-29-15-17-30(18-16-29)24-19-25(33)32(21(4)5)26(34)31(24)20(2)3/h9-12,19-21,28H,8,13-18H2,1-7H3. The van der Waals surface area contributed by atoms with E-state index in [2.05, 4.69) is 14.5 Å². The fourth-order valence-corrected chi connectivity index (χ4v) is 5.76. The predicted octanol–water partition coefficient (Wildman–Crippen LogP) is 2.84. The SMILES string of the molecule is CCNS(=O)(=O)c1ccc(OC(C)(C)CCN2CCN(c3cc(=O)n(C(C)C)c(=O)n3C(C)C)CC2)cc1. The van der Waals surface area contributed by atoms with Gasteiger partial charge in [0.2, 0.25) is 10.0 Å². The van der Waals surface area contributed by atoms with Gasteiger partial charge in [0.05, 0.1) is 4.90 Å². The zero-order valence-corrected chi connectivity index (χ0v) is 24.5. The number of benzene rings is 1. The van der Waals surface area contributed by atoms with Gasteiger partial charge in [-0.15, -0.1) is 0 Å². The van der Waals surface area contributed by atoms with E-state index in [-0.39, 0.29) is 28.2 Å². The van der Waals surface area contributed by atoms with Gasteiger partial charge in [-0.25, -0.2) is 17.9 Å². The Kier molecular flexibility index (Phi) is 9.48. The summed E-state index contributed by atoms with van der Waals surface area (Å²) in [6.45, 7) is 17.7. The van der Waals surface area contributed by atoms with Gasteiger partial charge >= 0.3 is 5.69 Å². The number of hydrogen-bond donors (Lipinski definition) is 1. The zero-order valence-electron chi connectivity index (χ0n) is 23.7. The molecule has 0 atom stereocenters. The van der Waals surface area contributed by atoms with E-state index >= 15 is 0 Å². The number of hydrogen-bond acceptors (Lipinski definition) is 7. The monoisotopic (exact) mass is 549 g/mol. The Hall–Kier alpha value is -2.63. The lowest BCUT2D eigenvalue weighted by Gasteiger charge is -2.38. The van der Waals surface area contributed by atoms with Crippen molar-refractivity contribution in [3.8, 4) is 5.75 Å². The summed E-state index contributed by atoms with van der Waals surface area (Å²) in [5, 5.41) is 0. The number of nitrogens with one attached hydrogen (secondary N) is 1. The van der Waals surface area contributed by atoms with E-state index in [9.17, 15) is 18.0 Å². The minimum absolute atomic E-state index is 0.0591. The Labute approximate surface area is 226 Å². The molecule has 11 heteroatoms. The van der Waals surface area contributed by atoms with Crippen LogP contribution in [0.5, 0.6) is 5.75 Å². The molecule has 2 heterocycles. The Balaban J connectivity index is 1.60. The van der Waals surface area contributed by atoms with Gasteiger partial charge in [-0.1, -0.05) is 6.92 Å². The highest BCUT2D eigenvalue weighted by Gasteiger charge is 2.26. The maximum absolute atomic E-state index is 13.1. The second kappa shape index (κ2) is 12.0. The lowest BCUT2D eigenvalue weighted by atomic mass is 10.0. The molecule has 0 radical (unpaired) electrons. The van der Waals surface area contributed by atoms with Gasteiger partial charge in [0.1, 0.15) is 17.2 Å². The number of rotatable bonds is 11. The number of piperazine rings is 1. The van der Waals surface area contributed by atoms with Crippen LogP contribution in [0.4, 0.5) is 5.82 Å². The number of aromatic nitrogens is 2. The van der Waals surface area contributed by atoms with E-state index in [1.165, 1.54) is 4.57 Å². The third-order valence-electron chi connectivity index (χ3n) is 6.77. The van der Waals surface area contributed by atoms with Crippen molar-refractivity contribution in [2.24, 2.45) is 0 Å². The maximum atomic E-state index is 13.1. The van der Waals surface area contributed by atoms with Crippen LogP contribution in [0.15, 0.2) is 44.8 Å². The topological polar surface area (TPSA) is 106 Å². The molecular weight excluding hydrogens is 506 g/mol. The molecule has 0 spiro atoms. The molecule has 1 aromatic heterocycles. The molecule has 1 saturated heterocycles. The summed E-state index contributed by atoms with van der Waals surface area (Å²) in [6.07, 6.45) is 0.783. The largest absolute Gasteiger partial charge is 0.488 e. The molecule has 0 saturated carbocycles. The summed E-state index contributed by atoms with van der Waals surface area (Å²) < 4.78 is 36.0. The van der Waals surface area contributed by atoms with Crippen LogP contribution in [-0.2, 0) is 10.0 Å². The number of anilines is 1. The molecule has 10 nitrogen and oxygen atoms in total. The molecule has 0 aliphatic carbocycles. The van der Waals surface area contributed by atoms with Crippen LogP contribution in [-0.4, -0.2) is 67.3 Å². The fourth-order valence-electron chi connectivity index (χ4n) is 4.72. The molecule has 1 N–H and O–H groups in total. The minimum atomic E-state index is -3.49. The van der Waals surface area contributed by atoms with Gasteiger partial charge in [0.15, 0.2) is 0 Å². The van der Waals surface area contributed by atoms with E-state index in [1.807, 2.05) is 41.5 Å². The molecule has 1 aliphatic heterocycles. The molecular formula is C27H43N5O5S. The Morgan fingerprint density at radius 2 is 1.53 bits per heavy atom. The maximum Gasteiger partial charge on any atom is 0.333 e. The van der Waals surface area contributed by atoms with E-state index in [4.69, 9.17) is 4.74 Å². The number of ether oxygens (including phenoxy) is 1. The second-order valence-corrected chi connectivity index (χ2v) is 12.7. The zero-order chi connectivity index (χ0) is 28.3. The summed E-state index contributed by atoms with van der Waals surface area (Å²) >= 11 is 0. The smallest absolute Gasteiger partial charge is 0.333 e. The number of nitrogens with zero attached hydrogens (tertiary/aromatic N) is 4. The Morgan fingerprint density at radius 3 is 2.05 bits per heavy atom. The van der Waals surface area contributed by atoms with E-state index in [1.54, 1.807) is 41.8 Å². The quantitative estimate of drug-likeness (QED) is 0.459. The molecule has 0 unspecified atom stereocenters. The van der Waals surface area contributed by atoms with Crippen LogP contribution in [0.3, 0.4) is 0 Å². The highest BCUT2D eigenvalue weighted by Crippen LogP contribution is 2.24. The van der Waals surface area contributed by atoms with Gasteiger partial charge < -0.3 is 9.64 Å². The average Bonchev–Trinajstić information content (AvgIpc) is 2.82. The molecule has 1 fully saturated rings. The third kappa shape index (κ3) is 7.06. The van der Waals surface area contributed by atoms with Gasteiger partial charge in [-0.3, -0.25) is 18.8 Å². The second-order valence-electron chi connectivity index (χ2n) is 11.0. The summed E-state index contributed by atoms with van der Waals surface area (Å²) in [5.74, 6) is 1.31. The predicted molar refractivity (Wildman–Crippen MR) is 151 cm³/mol. The van der Waals surface area contributed by atoms with Crippen molar-refractivity contribution >= 4 is 15.8 Å². The van der Waals surface area contributed by atoms with Crippen molar-refractivity contribution in [2.75, 3.05) is 44.2 Å². The summed E-state index contributed by atoms with van der Waals surface area (Å²) in [4.78, 5) is 30.5. The van der Waals surface area contributed by atoms with Crippen LogP contribution in [0.1, 0.15) is 67.0 Å². The third-order valence-corrected chi connectivity index (χ3v) is 8.33. The Morgan fingerprint density at radius 1 is 0.947 bits per heavy atom. The first kappa shape index (κ1) is 29.9. The minimum Gasteiger partial charge on any atom is -0.488 e. The molecule has 3 rings (SSSR count). The van der Waals surface area contributed by atoms with Crippen LogP contribution in [0.2, 0.25) is 0 Å². The first-order chi connectivity index (χ1) is 17.8. The fraction of sp³-hybridized carbons (Fsp3) is 0.630. The van der Waals surface area contributed by atoms with Gasteiger partial charge in [-0.2, -0.15) is 0 Å². The summed E-state index contributed by atoms with van der Waals surface area (Å²) in [6, 6.07) is 7.83. The van der Waals surface area contributed by atoms with Gasteiger partial charge in [0, 0.05) is 57.4 Å². The van der Waals surface area contributed by atoms with Crippen molar-refractivity contribution in [3.63, 3.8) is 0 Å². The summed E-state index contributed by atoms with van der Waals surface area (Å²) in [7, 11) is -3.49. The lowest BCUT2D eigenvalue weighted by Crippen LogP contribution is -2.51. The van der Waals surface area contributed by atoms with Crippen LogP contribution < -0.4 is 25.6 Å². The molecule has 1 aliphatic rings. The van der Waals surface area contributed by atoms with Crippen molar-refractivity contribution in [1.29, 1.82) is 0 Å². The van der Waals surface area contributed by atoms with Crippen molar-refractivity contribution < 1.29 is 13.2 Å². The first-order valence-electron chi connectivity index (χ1n) is 13.4. The van der Waals surface area contributed by atoms with Gasteiger partial charge in [-0.05, 0) is 72.2 Å². The van der Waals surface area contributed by atoms with Gasteiger partial charge in [0.25, 0.3) is 5.56 Å². The molecule has 2 aromatic rings.